The first-order chi connectivity index (χ1) is 39.1. The van der Waals surface area contributed by atoms with Crippen LogP contribution in [0.5, 0.6) is 5.75 Å². The number of carbonyl (C=O) groups is 10. The first-order valence-corrected chi connectivity index (χ1v) is 26.4. The number of amides is 8. The third-order valence-electron chi connectivity index (χ3n) is 11.3. The van der Waals surface area contributed by atoms with E-state index in [9.17, 15) is 65.5 Å². The maximum atomic E-state index is 13.7. The van der Waals surface area contributed by atoms with Crippen LogP contribution < -0.4 is 26.0 Å². The summed E-state index contributed by atoms with van der Waals surface area (Å²) in [6.07, 6.45) is 5.93. The second-order valence-corrected chi connectivity index (χ2v) is 17.5. The third kappa shape index (κ3) is 30.2. The second kappa shape index (κ2) is 41.4. The molecule has 1 atom stereocenters. The lowest BCUT2D eigenvalue weighted by molar-refractivity contribution is -0.139. The van der Waals surface area contributed by atoms with E-state index in [2.05, 4.69) is 26.0 Å². The fourth-order valence-corrected chi connectivity index (χ4v) is 7.02. The van der Waals surface area contributed by atoms with E-state index in [0.29, 0.717) is 32.2 Å². The molecule has 0 bridgehead atoms. The van der Waals surface area contributed by atoms with Crippen LogP contribution in [0.3, 0.4) is 0 Å². The number of nitrogens with zero attached hydrogens (tertiary/aromatic N) is 2. The minimum Gasteiger partial charge on any atom is -0.420 e. The molecular formula is C52H72F4N6O19. The average molecular weight is 1160 g/mol. The Morgan fingerprint density at radius 2 is 0.802 bits per heavy atom. The van der Waals surface area contributed by atoms with Crippen LogP contribution in [0.4, 0.5) is 17.6 Å². The lowest BCUT2D eigenvalue weighted by Gasteiger charge is -2.18. The summed E-state index contributed by atoms with van der Waals surface area (Å²) >= 11 is 0. The molecule has 0 radical (unpaired) electrons. The van der Waals surface area contributed by atoms with Crippen LogP contribution in [0.1, 0.15) is 64.2 Å². The van der Waals surface area contributed by atoms with Crippen molar-refractivity contribution in [1.29, 1.82) is 0 Å². The quantitative estimate of drug-likeness (QED) is 0.0172. The number of esters is 1. The molecule has 4 N–H and O–H groups in total. The highest BCUT2D eigenvalue weighted by molar-refractivity contribution is 6.13. The van der Waals surface area contributed by atoms with E-state index in [0.717, 1.165) is 34.1 Å². The maximum Gasteiger partial charge on any atom is 0.313 e. The van der Waals surface area contributed by atoms with Crippen molar-refractivity contribution in [3.63, 3.8) is 0 Å². The van der Waals surface area contributed by atoms with E-state index >= 15 is 0 Å². The Labute approximate surface area is 465 Å². The molecule has 1 aromatic rings. The Kier molecular flexibility index (Phi) is 35.1. The standard InChI is InChI=1S/C52H72F4N6O19/c53-37-36-38(54)51(56)52(50(37)55)81-49(72)14-23-76-29-33-80-35-34-79-32-26-73-20-3-5-40(63)39(60-44(67)13-22-75-28-31-78-25-17-59-42(65)11-19-62-47(70)8-9-48(62)71)4-1-2-15-57-43(66)12-21-74-27-30-77-24-16-58-41(64)10-18-61-45(68)6-7-46(61)69/h6-9,36,39H,1-5,10-35H2,(H,57,66)(H,58,64)(H,59,65)(H,60,67)/t39-/m0/s1. The molecule has 0 aromatic heterocycles. The molecule has 3 rings (SSSR count). The van der Waals surface area contributed by atoms with E-state index in [1.165, 1.54) is 0 Å². The molecule has 0 saturated carbocycles. The van der Waals surface area contributed by atoms with Gasteiger partial charge < -0.3 is 63.9 Å². The fraction of sp³-hybridized carbons (Fsp3) is 0.615. The third-order valence-corrected chi connectivity index (χ3v) is 11.3. The van der Waals surface area contributed by atoms with Crippen LogP contribution in [0.15, 0.2) is 30.4 Å². The number of ether oxygens (including phenoxy) is 9. The average Bonchev–Trinajstić information content (AvgIpc) is 3.96. The largest absolute Gasteiger partial charge is 0.420 e. The van der Waals surface area contributed by atoms with Crippen molar-refractivity contribution in [3.05, 3.63) is 53.6 Å². The molecule has 2 heterocycles. The Morgan fingerprint density at radius 3 is 1.27 bits per heavy atom. The predicted octanol–water partition coefficient (Wildman–Crippen LogP) is 0.435. The Hall–Kier alpha value is -6.60. The molecule has 452 valence electrons. The van der Waals surface area contributed by atoms with E-state index in [1.54, 1.807) is 0 Å². The smallest absolute Gasteiger partial charge is 0.313 e. The number of benzene rings is 1. The number of carbonyl (C=O) groups excluding carboxylic acids is 10. The van der Waals surface area contributed by atoms with Gasteiger partial charge in [0.05, 0.1) is 112 Å². The van der Waals surface area contributed by atoms with E-state index in [4.69, 9.17) is 37.9 Å². The van der Waals surface area contributed by atoms with Gasteiger partial charge in [-0.25, -0.2) is 8.78 Å². The number of imide groups is 2. The van der Waals surface area contributed by atoms with Gasteiger partial charge in [-0.3, -0.25) is 57.7 Å². The zero-order chi connectivity index (χ0) is 59.0. The summed E-state index contributed by atoms with van der Waals surface area (Å²) in [5.74, 6) is -13.1. The summed E-state index contributed by atoms with van der Waals surface area (Å²) in [4.78, 5) is 123. The number of ketones is 1. The first-order valence-electron chi connectivity index (χ1n) is 26.4. The number of halogens is 4. The number of nitrogens with one attached hydrogen (secondary N) is 4. The van der Waals surface area contributed by atoms with Crippen molar-refractivity contribution in [2.45, 2.75) is 70.3 Å². The van der Waals surface area contributed by atoms with Crippen LogP contribution >= 0.6 is 0 Å². The molecule has 29 heteroatoms. The van der Waals surface area contributed by atoms with Gasteiger partial charge in [0.2, 0.25) is 41.0 Å². The molecule has 81 heavy (non-hydrogen) atoms. The van der Waals surface area contributed by atoms with Crippen molar-refractivity contribution in [2.75, 3.05) is 138 Å². The second-order valence-electron chi connectivity index (χ2n) is 17.5. The molecule has 25 nitrogen and oxygen atoms in total. The van der Waals surface area contributed by atoms with Crippen LogP contribution in [0.25, 0.3) is 0 Å². The van der Waals surface area contributed by atoms with Crippen molar-refractivity contribution in [2.24, 2.45) is 0 Å². The summed E-state index contributed by atoms with van der Waals surface area (Å²) < 4.78 is 102. The van der Waals surface area contributed by atoms with Gasteiger partial charge >= 0.3 is 5.97 Å². The lowest BCUT2D eigenvalue weighted by Crippen LogP contribution is -2.41. The lowest BCUT2D eigenvalue weighted by atomic mass is 10.0. The number of Topliss-reactive ketones (excluding diaryl/α,β-unsaturated/α-hetero) is 1. The van der Waals surface area contributed by atoms with Gasteiger partial charge in [0, 0.05) is 102 Å². The van der Waals surface area contributed by atoms with Gasteiger partial charge in [0.1, 0.15) is 0 Å². The van der Waals surface area contributed by atoms with Crippen LogP contribution in [-0.4, -0.2) is 213 Å². The van der Waals surface area contributed by atoms with Gasteiger partial charge in [-0.05, 0) is 25.7 Å². The van der Waals surface area contributed by atoms with E-state index in [1.807, 2.05) is 0 Å². The molecular weight excluding hydrogens is 1090 g/mol. The zero-order valence-electron chi connectivity index (χ0n) is 45.0. The molecule has 1 aromatic carbocycles. The van der Waals surface area contributed by atoms with E-state index in [-0.39, 0.29) is 194 Å². The molecule has 0 aliphatic carbocycles. The molecule has 8 amide bonds. The number of unbranched alkanes of at least 4 members (excludes halogenated alkanes) is 1. The highest BCUT2D eigenvalue weighted by atomic mass is 19.2. The van der Waals surface area contributed by atoms with E-state index < -0.39 is 77.0 Å². The number of hydrogen-bond acceptors (Lipinski definition) is 19. The molecule has 2 aliphatic heterocycles. The SMILES string of the molecule is O=C(CCOCCOCCNC(=O)CCN1C(=O)C=CC1=O)NCCCC[C@H](NC(=O)CCOCCOCCNC(=O)CCN1C(=O)C=CC1=O)C(=O)CCCOCCOCCOCCOCCC(=O)Oc1c(F)c(F)cc(F)c1F. The Bertz CT molecular complexity index is 2220. The highest BCUT2D eigenvalue weighted by Crippen LogP contribution is 2.26. The van der Waals surface area contributed by atoms with Gasteiger partial charge in [-0.15, -0.1) is 0 Å². The summed E-state index contributed by atoms with van der Waals surface area (Å²) in [6, 6.07) is -0.811. The maximum absolute atomic E-state index is 13.7. The topological polar surface area (TPSA) is 308 Å². The zero-order valence-corrected chi connectivity index (χ0v) is 45.0. The monoisotopic (exact) mass is 1160 g/mol. The summed E-state index contributed by atoms with van der Waals surface area (Å²) in [6.45, 7) is 3.10. The Balaban J connectivity index is 1.23. The molecule has 2 aliphatic rings. The summed E-state index contributed by atoms with van der Waals surface area (Å²) in [5, 5.41) is 10.9. The summed E-state index contributed by atoms with van der Waals surface area (Å²) in [7, 11) is 0. The minimum atomic E-state index is -1.84. The van der Waals surface area contributed by atoms with Crippen molar-refractivity contribution in [3.8, 4) is 5.75 Å². The molecule has 0 unspecified atom stereocenters. The van der Waals surface area contributed by atoms with Gasteiger partial charge in [0.15, 0.2) is 17.4 Å². The number of hydrogen-bond donors (Lipinski definition) is 4. The van der Waals surface area contributed by atoms with Crippen molar-refractivity contribution < 1.29 is 108 Å². The van der Waals surface area contributed by atoms with Crippen molar-refractivity contribution in [1.82, 2.24) is 31.1 Å². The van der Waals surface area contributed by atoms with Crippen LogP contribution in [0.2, 0.25) is 0 Å². The Morgan fingerprint density at radius 1 is 0.420 bits per heavy atom. The highest BCUT2D eigenvalue weighted by Gasteiger charge is 2.26. The number of rotatable bonds is 48. The molecule has 0 spiro atoms. The fourth-order valence-electron chi connectivity index (χ4n) is 7.02. The predicted molar refractivity (Wildman–Crippen MR) is 272 cm³/mol. The first kappa shape index (κ1) is 68.7. The van der Waals surface area contributed by atoms with Gasteiger partial charge in [-0.2, -0.15) is 8.78 Å². The van der Waals surface area contributed by atoms with Crippen LogP contribution in [-0.2, 0) is 85.8 Å². The molecule has 0 fully saturated rings. The minimum absolute atomic E-state index is 0.00905. The van der Waals surface area contributed by atoms with Crippen molar-refractivity contribution >= 4 is 59.0 Å². The normalized spacial score (nSPS) is 13.3. The summed E-state index contributed by atoms with van der Waals surface area (Å²) in [5.41, 5.74) is 0. The van der Waals surface area contributed by atoms with Crippen LogP contribution in [0, 0.1) is 23.3 Å². The van der Waals surface area contributed by atoms with Gasteiger partial charge in [-0.1, -0.05) is 0 Å². The molecule has 0 saturated heterocycles. The van der Waals surface area contributed by atoms with Gasteiger partial charge in [0.25, 0.3) is 23.6 Å².